The van der Waals surface area contributed by atoms with Gasteiger partial charge in [0.15, 0.2) is 0 Å². The highest BCUT2D eigenvalue weighted by molar-refractivity contribution is 7.23. The lowest BCUT2D eigenvalue weighted by Gasteiger charge is -2.24. The number of benzene rings is 1. The van der Waals surface area contributed by atoms with Crippen molar-refractivity contribution in [3.05, 3.63) is 56.6 Å². The number of alkyl halides is 1. The minimum Gasteiger partial charge on any atom is -0.317 e. The van der Waals surface area contributed by atoms with Crippen LogP contribution < -0.4 is 10.9 Å². The molecule has 4 rings (SSSR count). The molecule has 3 heterocycles. The molecule has 0 spiro atoms. The van der Waals surface area contributed by atoms with Crippen LogP contribution in [-0.4, -0.2) is 15.9 Å². The summed E-state index contributed by atoms with van der Waals surface area (Å²) in [7, 11) is 0. The van der Waals surface area contributed by atoms with Crippen LogP contribution in [0.3, 0.4) is 0 Å². The topological polar surface area (TPSA) is 74.8 Å². The van der Waals surface area contributed by atoms with Gasteiger partial charge in [0.1, 0.15) is 15.5 Å². The quantitative estimate of drug-likeness (QED) is 0.663. The number of nitrogens with one attached hydrogen (secondary N) is 2. The van der Waals surface area contributed by atoms with Crippen LogP contribution in [0.15, 0.2) is 29.1 Å². The third kappa shape index (κ3) is 2.42. The first-order chi connectivity index (χ1) is 11.6. The number of H-pyrrole nitrogens is 1. The van der Waals surface area contributed by atoms with Crippen LogP contribution in [0.25, 0.3) is 10.2 Å². The molecule has 0 bridgehead atoms. The lowest BCUT2D eigenvalue weighted by atomic mass is 9.86. The monoisotopic (exact) mass is 379 g/mol. The van der Waals surface area contributed by atoms with E-state index in [9.17, 15) is 9.59 Å². The second-order valence-corrected chi connectivity index (χ2v) is 7.19. The van der Waals surface area contributed by atoms with Crippen LogP contribution in [0.1, 0.15) is 29.3 Å². The van der Waals surface area contributed by atoms with Crippen molar-refractivity contribution in [2.75, 3.05) is 5.32 Å². The third-order valence-electron chi connectivity index (χ3n) is 4.03. The van der Waals surface area contributed by atoms with E-state index >= 15 is 0 Å². The van der Waals surface area contributed by atoms with Gasteiger partial charge in [-0.2, -0.15) is 0 Å². The lowest BCUT2D eigenvalue weighted by molar-refractivity contribution is -0.116. The molecule has 0 saturated carbocycles. The molecule has 0 radical (unpaired) electrons. The Morgan fingerprint density at radius 3 is 2.83 bits per heavy atom. The average molecular weight is 380 g/mol. The Balaban J connectivity index is 2.03. The van der Waals surface area contributed by atoms with Crippen LogP contribution in [0.2, 0.25) is 5.02 Å². The molecular weight excluding hydrogens is 369 g/mol. The largest absolute Gasteiger partial charge is 0.317 e. The molecule has 2 N–H and O–H groups in total. The molecule has 5 nitrogen and oxygen atoms in total. The lowest BCUT2D eigenvalue weighted by Crippen LogP contribution is -2.22. The van der Waals surface area contributed by atoms with Gasteiger partial charge in [-0.25, -0.2) is 4.98 Å². The first-order valence-corrected chi connectivity index (χ1v) is 8.97. The summed E-state index contributed by atoms with van der Waals surface area (Å²) in [5.74, 6) is 0.171. The van der Waals surface area contributed by atoms with E-state index in [1.54, 1.807) is 6.07 Å². The highest BCUT2D eigenvalue weighted by Gasteiger charge is 2.33. The number of rotatable bonds is 2. The fourth-order valence-electron chi connectivity index (χ4n) is 3.02. The molecule has 0 saturated heterocycles. The van der Waals surface area contributed by atoms with Gasteiger partial charge in [0.05, 0.1) is 11.4 Å². The molecular formula is C16H11Cl2N3O2S. The van der Waals surface area contributed by atoms with E-state index in [4.69, 9.17) is 23.2 Å². The normalized spacial score (nSPS) is 16.9. The molecule has 1 amide bonds. The fourth-order valence-corrected chi connectivity index (χ4v) is 4.53. The zero-order valence-electron chi connectivity index (χ0n) is 12.2. The number of amides is 1. The highest BCUT2D eigenvalue weighted by atomic mass is 35.5. The second-order valence-electron chi connectivity index (χ2n) is 5.50. The van der Waals surface area contributed by atoms with Crippen molar-refractivity contribution < 1.29 is 4.79 Å². The van der Waals surface area contributed by atoms with Crippen LogP contribution in [0.5, 0.6) is 0 Å². The molecule has 2 aromatic heterocycles. The summed E-state index contributed by atoms with van der Waals surface area (Å²) in [5.41, 5.74) is 2.02. The number of aromatic nitrogens is 2. The van der Waals surface area contributed by atoms with Crippen molar-refractivity contribution in [1.29, 1.82) is 0 Å². The van der Waals surface area contributed by atoms with Gasteiger partial charge in [-0.05, 0) is 11.6 Å². The maximum absolute atomic E-state index is 12.3. The number of fused-ring (bicyclic) bond motifs is 3. The standard InChI is InChI=1S/C16H11Cl2N3O2S/c17-6-10-19-13-12-8(7-3-1-2-4-9(7)18)5-11(22)21-16(12)24-14(13)15(23)20-10/h1-4,8H,5-6H2,(H,21,22)(H,19,20,23)/t8-/m1/s1. The predicted molar refractivity (Wildman–Crippen MR) is 96.3 cm³/mol. The molecule has 24 heavy (non-hydrogen) atoms. The number of carbonyl (C=O) groups excluding carboxylic acids is 1. The van der Waals surface area contributed by atoms with Crippen LogP contribution >= 0.6 is 34.5 Å². The molecule has 122 valence electrons. The number of halogens is 2. The Morgan fingerprint density at radius 1 is 1.29 bits per heavy atom. The second kappa shape index (κ2) is 5.88. The summed E-state index contributed by atoms with van der Waals surface area (Å²) in [4.78, 5) is 31.6. The van der Waals surface area contributed by atoms with Gasteiger partial charge < -0.3 is 10.3 Å². The highest BCUT2D eigenvalue weighted by Crippen LogP contribution is 2.46. The summed E-state index contributed by atoms with van der Waals surface area (Å²) in [5, 5.41) is 4.08. The molecule has 1 aliphatic heterocycles. The van der Waals surface area contributed by atoms with Crippen molar-refractivity contribution in [1.82, 2.24) is 9.97 Å². The first kappa shape index (κ1) is 15.6. The number of hydrogen-bond donors (Lipinski definition) is 2. The zero-order valence-corrected chi connectivity index (χ0v) is 14.6. The number of aromatic amines is 1. The smallest absolute Gasteiger partial charge is 0.268 e. The molecule has 0 unspecified atom stereocenters. The maximum Gasteiger partial charge on any atom is 0.268 e. The van der Waals surface area contributed by atoms with Gasteiger partial charge in [0.2, 0.25) is 5.91 Å². The van der Waals surface area contributed by atoms with Gasteiger partial charge in [-0.1, -0.05) is 29.8 Å². The Hall–Kier alpha value is -1.89. The van der Waals surface area contributed by atoms with Gasteiger partial charge in [-0.3, -0.25) is 9.59 Å². The van der Waals surface area contributed by atoms with Crippen molar-refractivity contribution in [3.63, 3.8) is 0 Å². The van der Waals surface area contributed by atoms with Crippen molar-refractivity contribution in [2.45, 2.75) is 18.2 Å². The van der Waals surface area contributed by atoms with Gasteiger partial charge in [-0.15, -0.1) is 22.9 Å². The zero-order chi connectivity index (χ0) is 16.8. The molecule has 8 heteroatoms. The molecule has 0 fully saturated rings. The maximum atomic E-state index is 12.3. The van der Waals surface area contributed by atoms with Crippen LogP contribution in [0, 0.1) is 0 Å². The van der Waals surface area contributed by atoms with Crippen molar-refractivity contribution >= 4 is 55.7 Å². The Morgan fingerprint density at radius 2 is 2.08 bits per heavy atom. The van der Waals surface area contributed by atoms with Crippen LogP contribution in [-0.2, 0) is 10.7 Å². The number of thiophene rings is 1. The van der Waals surface area contributed by atoms with Gasteiger partial charge in [0.25, 0.3) is 5.56 Å². The summed E-state index contributed by atoms with van der Waals surface area (Å²) in [6.45, 7) is 0. The van der Waals surface area contributed by atoms with E-state index in [1.165, 1.54) is 11.3 Å². The predicted octanol–water partition coefficient (Wildman–Crippen LogP) is 3.85. The Labute approximate surface area is 150 Å². The minimum absolute atomic E-state index is 0.104. The summed E-state index contributed by atoms with van der Waals surface area (Å²) < 4.78 is 0.480. The van der Waals surface area contributed by atoms with E-state index in [0.717, 1.165) is 11.1 Å². The Kier molecular flexibility index (Phi) is 3.83. The summed E-state index contributed by atoms with van der Waals surface area (Å²) in [6.07, 6.45) is 0.257. The number of nitrogens with zero attached hydrogens (tertiary/aromatic N) is 1. The van der Waals surface area contributed by atoms with E-state index in [1.807, 2.05) is 18.2 Å². The molecule has 3 aromatic rings. The third-order valence-corrected chi connectivity index (χ3v) is 5.73. The first-order valence-electron chi connectivity index (χ1n) is 7.24. The number of anilines is 1. The van der Waals surface area contributed by atoms with Gasteiger partial charge >= 0.3 is 0 Å². The molecule has 1 aliphatic rings. The fraction of sp³-hybridized carbons (Fsp3) is 0.188. The van der Waals surface area contributed by atoms with E-state index in [0.29, 0.717) is 26.1 Å². The number of carbonyl (C=O) groups is 1. The molecule has 1 atom stereocenters. The molecule has 0 aliphatic carbocycles. The summed E-state index contributed by atoms with van der Waals surface area (Å²) >= 11 is 13.4. The Bertz CT molecular complexity index is 1030. The minimum atomic E-state index is -0.248. The van der Waals surface area contributed by atoms with E-state index < -0.39 is 0 Å². The van der Waals surface area contributed by atoms with E-state index in [2.05, 4.69) is 15.3 Å². The van der Waals surface area contributed by atoms with E-state index in [-0.39, 0.29) is 29.7 Å². The number of hydrogen-bond acceptors (Lipinski definition) is 4. The van der Waals surface area contributed by atoms with Gasteiger partial charge in [0, 0.05) is 22.9 Å². The van der Waals surface area contributed by atoms with Crippen molar-refractivity contribution in [3.8, 4) is 0 Å². The van der Waals surface area contributed by atoms with Crippen molar-refractivity contribution in [2.24, 2.45) is 0 Å². The van der Waals surface area contributed by atoms with Crippen LogP contribution in [0.4, 0.5) is 5.00 Å². The SMILES string of the molecule is O=C1C[C@H](c2ccccc2Cl)c2c(sc3c(=O)[nH]c(CCl)nc23)N1. The average Bonchev–Trinajstić information content (AvgIpc) is 2.93. The molecule has 1 aromatic carbocycles. The summed E-state index contributed by atoms with van der Waals surface area (Å²) in [6, 6.07) is 7.42.